The van der Waals surface area contributed by atoms with E-state index < -0.39 is 11.6 Å². The van der Waals surface area contributed by atoms with Crippen LogP contribution in [0.3, 0.4) is 0 Å². The molecule has 0 unspecified atom stereocenters. The Labute approximate surface area is 135 Å². The molecule has 8 heteroatoms. The number of aromatic nitrogens is 3. The maximum absolute atomic E-state index is 11.9. The molecule has 0 fully saturated rings. The van der Waals surface area contributed by atoms with Crippen molar-refractivity contribution in [1.82, 2.24) is 15.2 Å². The molecular weight excluding hydrogens is 316 g/mol. The minimum Gasteiger partial charge on any atom is -0.454 e. The zero-order chi connectivity index (χ0) is 16.2. The Balaban J connectivity index is 1.64. The highest BCUT2D eigenvalue weighted by Crippen LogP contribution is 2.29. The fraction of sp³-hybridized carbons (Fsp3) is 0.0667. The molecule has 0 aliphatic rings. The Kier molecular flexibility index (Phi) is 4.24. The van der Waals surface area contributed by atoms with E-state index in [0.717, 1.165) is 4.90 Å². The Morgan fingerprint density at radius 3 is 2.65 bits per heavy atom. The molecule has 0 saturated heterocycles. The Morgan fingerprint density at radius 1 is 1.17 bits per heavy atom. The summed E-state index contributed by atoms with van der Waals surface area (Å²) < 4.78 is 5.57. The highest BCUT2D eigenvalue weighted by atomic mass is 32.2. The number of nitrogen functional groups attached to an aromatic ring is 1. The lowest BCUT2D eigenvalue weighted by Crippen LogP contribution is -2.17. The average molecular weight is 328 g/mol. The number of anilines is 1. The zero-order valence-corrected chi connectivity index (χ0v) is 12.7. The van der Waals surface area contributed by atoms with E-state index in [1.165, 1.54) is 18.1 Å². The minimum absolute atomic E-state index is 0.129. The summed E-state index contributed by atoms with van der Waals surface area (Å²) in [6.07, 6.45) is 1.12. The molecule has 0 aliphatic heterocycles. The van der Waals surface area contributed by atoms with E-state index in [4.69, 9.17) is 10.2 Å². The van der Waals surface area contributed by atoms with Gasteiger partial charge in [-0.2, -0.15) is 0 Å². The van der Waals surface area contributed by atoms with Crippen LogP contribution in [0.4, 0.5) is 5.69 Å². The maximum Gasteiger partial charge on any atom is 0.268 e. The van der Waals surface area contributed by atoms with Gasteiger partial charge in [-0.3, -0.25) is 14.7 Å². The van der Waals surface area contributed by atoms with E-state index in [9.17, 15) is 9.59 Å². The number of rotatable bonds is 6. The lowest BCUT2D eigenvalue weighted by Gasteiger charge is -1.99. The van der Waals surface area contributed by atoms with Gasteiger partial charge in [0.1, 0.15) is 12.1 Å². The SMILES string of the molecule is Nc1ccc(Sc2ccc(CC(=O)C(=O)c3nc[nH]n3)o2)cc1. The molecule has 0 saturated carbocycles. The number of Topliss-reactive ketones (excluding diaryl/α,β-unsaturated/α-hetero) is 2. The number of nitrogens with zero attached hydrogens (tertiary/aromatic N) is 2. The summed E-state index contributed by atoms with van der Waals surface area (Å²) in [5.41, 5.74) is 6.32. The Hall–Kier alpha value is -2.87. The van der Waals surface area contributed by atoms with Crippen LogP contribution in [-0.4, -0.2) is 26.7 Å². The average Bonchev–Trinajstić information content (AvgIpc) is 3.21. The van der Waals surface area contributed by atoms with Crippen molar-refractivity contribution in [2.45, 2.75) is 16.4 Å². The van der Waals surface area contributed by atoms with Crippen LogP contribution >= 0.6 is 11.8 Å². The van der Waals surface area contributed by atoms with Gasteiger partial charge >= 0.3 is 0 Å². The van der Waals surface area contributed by atoms with Gasteiger partial charge in [0.15, 0.2) is 5.09 Å². The number of nitrogens with two attached hydrogens (primary N) is 1. The first kappa shape index (κ1) is 15.0. The summed E-state index contributed by atoms with van der Waals surface area (Å²) in [4.78, 5) is 28.3. The number of aromatic amines is 1. The van der Waals surface area contributed by atoms with Crippen LogP contribution in [-0.2, 0) is 11.2 Å². The number of furan rings is 1. The molecule has 7 nitrogen and oxygen atoms in total. The second kappa shape index (κ2) is 6.49. The molecule has 2 heterocycles. The van der Waals surface area contributed by atoms with Crippen molar-refractivity contribution < 1.29 is 14.0 Å². The number of carbonyl (C=O) groups excluding carboxylic acids is 2. The molecule has 0 bridgehead atoms. The summed E-state index contributed by atoms with van der Waals surface area (Å²) >= 11 is 1.40. The van der Waals surface area contributed by atoms with Gasteiger partial charge < -0.3 is 10.2 Å². The standard InChI is InChI=1S/C15H12N4O3S/c16-9-1-4-11(5-2-9)23-13-6-3-10(22-13)7-12(20)14(21)15-17-8-18-19-15/h1-6,8H,7,16H2,(H,17,18,19). The van der Waals surface area contributed by atoms with Crippen molar-refractivity contribution in [3.8, 4) is 0 Å². The van der Waals surface area contributed by atoms with E-state index in [1.54, 1.807) is 24.3 Å². The van der Waals surface area contributed by atoms with Crippen molar-refractivity contribution in [2.75, 3.05) is 5.73 Å². The fourth-order valence-corrected chi connectivity index (χ4v) is 2.63. The van der Waals surface area contributed by atoms with Crippen molar-refractivity contribution in [3.63, 3.8) is 0 Å². The van der Waals surface area contributed by atoms with E-state index in [0.29, 0.717) is 16.5 Å². The Morgan fingerprint density at radius 2 is 1.96 bits per heavy atom. The molecule has 3 rings (SSSR count). The molecule has 1 aromatic carbocycles. The summed E-state index contributed by atoms with van der Waals surface area (Å²) in [6.45, 7) is 0. The normalized spacial score (nSPS) is 10.6. The Bertz CT molecular complexity index is 825. The molecule has 0 amide bonds. The van der Waals surface area contributed by atoms with Crippen LogP contribution in [0.25, 0.3) is 0 Å². The molecular formula is C15H12N4O3S. The predicted molar refractivity (Wildman–Crippen MR) is 83.1 cm³/mol. The first-order valence-corrected chi connectivity index (χ1v) is 7.49. The third kappa shape index (κ3) is 3.67. The second-order valence-corrected chi connectivity index (χ2v) is 5.72. The molecule has 3 N–H and O–H groups in total. The molecule has 0 spiro atoms. The smallest absolute Gasteiger partial charge is 0.268 e. The fourth-order valence-electron chi connectivity index (χ4n) is 1.84. The van der Waals surface area contributed by atoms with Gasteiger partial charge in [0.25, 0.3) is 5.78 Å². The molecule has 0 radical (unpaired) electrons. The van der Waals surface area contributed by atoms with E-state index >= 15 is 0 Å². The molecule has 23 heavy (non-hydrogen) atoms. The van der Waals surface area contributed by atoms with Crippen LogP contribution in [0.1, 0.15) is 16.4 Å². The van der Waals surface area contributed by atoms with Gasteiger partial charge in [-0.05, 0) is 36.4 Å². The number of H-pyrrole nitrogens is 1. The van der Waals surface area contributed by atoms with Crippen molar-refractivity contribution >= 4 is 29.0 Å². The van der Waals surface area contributed by atoms with Gasteiger partial charge in [0.2, 0.25) is 11.6 Å². The lowest BCUT2D eigenvalue weighted by molar-refractivity contribution is -0.114. The third-order valence-corrected chi connectivity index (χ3v) is 3.87. The van der Waals surface area contributed by atoms with E-state index in [2.05, 4.69) is 15.2 Å². The van der Waals surface area contributed by atoms with Crippen molar-refractivity contribution in [2.24, 2.45) is 0 Å². The highest BCUT2D eigenvalue weighted by molar-refractivity contribution is 7.99. The number of hydrogen-bond donors (Lipinski definition) is 2. The maximum atomic E-state index is 11.9. The van der Waals surface area contributed by atoms with Crippen LogP contribution in [0.2, 0.25) is 0 Å². The van der Waals surface area contributed by atoms with Gasteiger partial charge in [-0.1, -0.05) is 11.8 Å². The van der Waals surface area contributed by atoms with Crippen LogP contribution in [0.15, 0.2) is 57.1 Å². The first-order chi connectivity index (χ1) is 11.1. The number of nitrogens with one attached hydrogen (secondary N) is 1. The van der Waals surface area contributed by atoms with E-state index in [1.807, 2.05) is 12.1 Å². The molecule has 0 aliphatic carbocycles. The van der Waals surface area contributed by atoms with Gasteiger partial charge in [-0.15, -0.1) is 5.10 Å². The van der Waals surface area contributed by atoms with Gasteiger partial charge in [0, 0.05) is 10.6 Å². The highest BCUT2D eigenvalue weighted by Gasteiger charge is 2.21. The zero-order valence-electron chi connectivity index (χ0n) is 11.9. The van der Waals surface area contributed by atoms with E-state index in [-0.39, 0.29) is 12.2 Å². The van der Waals surface area contributed by atoms with Crippen molar-refractivity contribution in [3.05, 3.63) is 54.3 Å². The topological polar surface area (TPSA) is 115 Å². The van der Waals surface area contributed by atoms with Crippen LogP contribution in [0, 0.1) is 0 Å². The number of benzene rings is 1. The monoisotopic (exact) mass is 328 g/mol. The lowest BCUT2D eigenvalue weighted by atomic mass is 10.1. The second-order valence-electron chi connectivity index (χ2n) is 4.64. The molecule has 116 valence electrons. The quantitative estimate of drug-likeness (QED) is 0.404. The summed E-state index contributed by atoms with van der Waals surface area (Å²) in [7, 11) is 0. The summed E-state index contributed by atoms with van der Waals surface area (Å²) in [6, 6.07) is 10.8. The summed E-state index contributed by atoms with van der Waals surface area (Å²) in [5, 5.41) is 6.62. The van der Waals surface area contributed by atoms with Crippen LogP contribution in [0.5, 0.6) is 0 Å². The summed E-state index contributed by atoms with van der Waals surface area (Å²) in [5.74, 6) is -1.09. The van der Waals surface area contributed by atoms with Gasteiger partial charge in [-0.25, -0.2) is 4.98 Å². The number of carbonyl (C=O) groups is 2. The molecule has 3 aromatic rings. The van der Waals surface area contributed by atoms with Gasteiger partial charge in [0.05, 0.1) is 6.42 Å². The first-order valence-electron chi connectivity index (χ1n) is 6.67. The largest absolute Gasteiger partial charge is 0.454 e. The number of hydrogen-bond acceptors (Lipinski definition) is 7. The minimum atomic E-state index is -0.740. The third-order valence-electron chi connectivity index (χ3n) is 2.94. The molecule has 0 atom stereocenters. The van der Waals surface area contributed by atoms with Crippen molar-refractivity contribution in [1.29, 1.82) is 0 Å². The predicted octanol–water partition coefficient (Wildman–Crippen LogP) is 2.13. The van der Waals surface area contributed by atoms with Crippen LogP contribution < -0.4 is 5.73 Å². The molecule has 2 aromatic heterocycles. The number of ketones is 2.